The number of hydrogen-bond donors (Lipinski definition) is 0. The van der Waals surface area contributed by atoms with Crippen LogP contribution >= 0.6 is 0 Å². The van der Waals surface area contributed by atoms with Gasteiger partial charge in [-0.1, -0.05) is 30.3 Å². The summed E-state index contributed by atoms with van der Waals surface area (Å²) in [6, 6.07) is 10.1. The summed E-state index contributed by atoms with van der Waals surface area (Å²) < 4.78 is 1.97. The SMILES string of the molecule is Cc1cnc2c(n1)nc(-c1ccccc1)n2C. The molecule has 0 saturated carbocycles. The quantitative estimate of drug-likeness (QED) is 0.637. The lowest BCUT2D eigenvalue weighted by atomic mass is 10.2. The summed E-state index contributed by atoms with van der Waals surface area (Å²) in [5, 5.41) is 0. The number of imidazole rings is 1. The van der Waals surface area contributed by atoms with Crippen molar-refractivity contribution in [2.75, 3.05) is 0 Å². The van der Waals surface area contributed by atoms with Gasteiger partial charge in [-0.2, -0.15) is 0 Å². The molecule has 4 nitrogen and oxygen atoms in total. The summed E-state index contributed by atoms with van der Waals surface area (Å²) in [5.41, 5.74) is 3.48. The van der Waals surface area contributed by atoms with Crippen LogP contribution < -0.4 is 0 Å². The molecule has 0 fully saturated rings. The summed E-state index contributed by atoms with van der Waals surface area (Å²) >= 11 is 0. The lowest BCUT2D eigenvalue weighted by molar-refractivity contribution is 0.940. The fourth-order valence-electron chi connectivity index (χ4n) is 1.89. The van der Waals surface area contributed by atoms with Gasteiger partial charge in [0.25, 0.3) is 0 Å². The van der Waals surface area contributed by atoms with Crippen molar-refractivity contribution in [3.05, 3.63) is 42.2 Å². The Bertz CT molecular complexity index is 670. The van der Waals surface area contributed by atoms with Gasteiger partial charge in [0.2, 0.25) is 0 Å². The molecular weight excluding hydrogens is 212 g/mol. The second kappa shape index (κ2) is 3.66. The van der Waals surface area contributed by atoms with Crippen LogP contribution in [0, 0.1) is 6.92 Å². The highest BCUT2D eigenvalue weighted by molar-refractivity contribution is 5.73. The third kappa shape index (κ3) is 1.58. The second-order valence-corrected chi connectivity index (χ2v) is 4.02. The minimum atomic E-state index is 0.700. The maximum Gasteiger partial charge on any atom is 0.198 e. The molecule has 2 heterocycles. The van der Waals surface area contributed by atoms with Crippen molar-refractivity contribution in [2.45, 2.75) is 6.92 Å². The Hall–Kier alpha value is -2.23. The van der Waals surface area contributed by atoms with Crippen LogP contribution in [0.5, 0.6) is 0 Å². The van der Waals surface area contributed by atoms with Gasteiger partial charge in [0, 0.05) is 12.6 Å². The van der Waals surface area contributed by atoms with Crippen LogP contribution in [0.2, 0.25) is 0 Å². The molecule has 17 heavy (non-hydrogen) atoms. The highest BCUT2D eigenvalue weighted by Gasteiger charge is 2.11. The minimum absolute atomic E-state index is 0.700. The molecular formula is C13H12N4. The highest BCUT2D eigenvalue weighted by Crippen LogP contribution is 2.20. The Labute approximate surface area is 99.0 Å². The van der Waals surface area contributed by atoms with Gasteiger partial charge in [0.15, 0.2) is 11.3 Å². The number of aryl methyl sites for hydroxylation is 2. The molecule has 1 aromatic carbocycles. The normalized spacial score (nSPS) is 10.9. The largest absolute Gasteiger partial charge is 0.310 e. The molecule has 0 saturated heterocycles. The topological polar surface area (TPSA) is 43.6 Å². The predicted octanol–water partition coefficient (Wildman–Crippen LogP) is 2.34. The number of hydrogen-bond acceptors (Lipinski definition) is 3. The van der Waals surface area contributed by atoms with E-state index < -0.39 is 0 Å². The molecule has 0 spiro atoms. The first-order valence-electron chi connectivity index (χ1n) is 5.47. The molecule has 0 radical (unpaired) electrons. The van der Waals surface area contributed by atoms with Gasteiger partial charge in [0.05, 0.1) is 11.9 Å². The fourth-order valence-corrected chi connectivity index (χ4v) is 1.89. The highest BCUT2D eigenvalue weighted by atomic mass is 15.1. The van der Waals surface area contributed by atoms with Crippen LogP contribution in [-0.4, -0.2) is 19.5 Å². The minimum Gasteiger partial charge on any atom is -0.310 e. The van der Waals surface area contributed by atoms with Crippen molar-refractivity contribution in [3.63, 3.8) is 0 Å². The maximum absolute atomic E-state index is 4.53. The van der Waals surface area contributed by atoms with Gasteiger partial charge in [-0.15, -0.1) is 0 Å². The van der Waals surface area contributed by atoms with Gasteiger partial charge in [-0.25, -0.2) is 15.0 Å². The van der Waals surface area contributed by atoms with Gasteiger partial charge in [0.1, 0.15) is 5.82 Å². The molecule has 0 aliphatic rings. The lowest BCUT2D eigenvalue weighted by Crippen LogP contribution is -1.94. The van der Waals surface area contributed by atoms with Crippen molar-refractivity contribution in [1.29, 1.82) is 0 Å². The number of nitrogens with zero attached hydrogens (tertiary/aromatic N) is 4. The Morgan fingerprint density at radius 3 is 2.59 bits per heavy atom. The zero-order chi connectivity index (χ0) is 11.8. The van der Waals surface area contributed by atoms with Crippen LogP contribution in [0.3, 0.4) is 0 Å². The van der Waals surface area contributed by atoms with Crippen LogP contribution in [-0.2, 0) is 7.05 Å². The van der Waals surface area contributed by atoms with E-state index in [4.69, 9.17) is 0 Å². The summed E-state index contributed by atoms with van der Waals surface area (Å²) in [7, 11) is 1.96. The van der Waals surface area contributed by atoms with E-state index >= 15 is 0 Å². The lowest BCUT2D eigenvalue weighted by Gasteiger charge is -2.00. The molecule has 0 unspecified atom stereocenters. The van der Waals surface area contributed by atoms with E-state index in [-0.39, 0.29) is 0 Å². The predicted molar refractivity (Wildman–Crippen MR) is 66.5 cm³/mol. The van der Waals surface area contributed by atoms with E-state index in [1.165, 1.54) is 0 Å². The van der Waals surface area contributed by atoms with E-state index in [9.17, 15) is 0 Å². The van der Waals surface area contributed by atoms with Crippen LogP contribution in [0.1, 0.15) is 5.69 Å². The Morgan fingerprint density at radius 1 is 1.06 bits per heavy atom. The van der Waals surface area contributed by atoms with Crippen molar-refractivity contribution in [1.82, 2.24) is 19.5 Å². The molecule has 84 valence electrons. The summed E-state index contributed by atoms with van der Waals surface area (Å²) in [4.78, 5) is 13.3. The van der Waals surface area contributed by atoms with Crippen molar-refractivity contribution in [3.8, 4) is 11.4 Å². The van der Waals surface area contributed by atoms with Crippen LogP contribution in [0.4, 0.5) is 0 Å². The average Bonchev–Trinajstić information content (AvgIpc) is 2.67. The van der Waals surface area contributed by atoms with Crippen molar-refractivity contribution < 1.29 is 0 Å². The van der Waals surface area contributed by atoms with Crippen LogP contribution in [0.15, 0.2) is 36.5 Å². The summed E-state index contributed by atoms with van der Waals surface area (Å²) in [5.74, 6) is 0.895. The van der Waals surface area contributed by atoms with E-state index in [0.29, 0.717) is 5.65 Å². The molecule has 0 amide bonds. The molecule has 0 atom stereocenters. The Balaban J connectivity index is 2.28. The Kier molecular flexibility index (Phi) is 2.14. The van der Waals surface area contributed by atoms with E-state index in [2.05, 4.69) is 15.0 Å². The van der Waals surface area contributed by atoms with Crippen molar-refractivity contribution in [2.24, 2.45) is 7.05 Å². The zero-order valence-corrected chi connectivity index (χ0v) is 9.75. The third-order valence-electron chi connectivity index (χ3n) is 2.74. The first kappa shape index (κ1) is 9.96. The number of aromatic nitrogens is 4. The molecule has 0 N–H and O–H groups in total. The monoisotopic (exact) mass is 224 g/mol. The zero-order valence-electron chi connectivity index (χ0n) is 9.75. The van der Waals surface area contributed by atoms with E-state index in [1.54, 1.807) is 6.20 Å². The average molecular weight is 224 g/mol. The number of fused-ring (bicyclic) bond motifs is 1. The van der Waals surface area contributed by atoms with Gasteiger partial charge < -0.3 is 4.57 Å². The van der Waals surface area contributed by atoms with Gasteiger partial charge in [-0.3, -0.25) is 0 Å². The first-order valence-corrected chi connectivity index (χ1v) is 5.47. The fraction of sp³-hybridized carbons (Fsp3) is 0.154. The van der Waals surface area contributed by atoms with E-state index in [0.717, 1.165) is 22.7 Å². The standard InChI is InChI=1S/C13H12N4/c1-9-8-14-13-11(15-9)16-12(17(13)2)10-6-4-3-5-7-10/h3-8H,1-2H3. The first-order chi connectivity index (χ1) is 8.25. The van der Waals surface area contributed by atoms with Gasteiger partial charge >= 0.3 is 0 Å². The van der Waals surface area contributed by atoms with E-state index in [1.807, 2.05) is 48.9 Å². The number of rotatable bonds is 1. The smallest absolute Gasteiger partial charge is 0.198 e. The number of benzene rings is 1. The maximum atomic E-state index is 4.53. The second-order valence-electron chi connectivity index (χ2n) is 4.02. The molecule has 3 aromatic rings. The Morgan fingerprint density at radius 2 is 1.82 bits per heavy atom. The molecule has 0 aliphatic carbocycles. The van der Waals surface area contributed by atoms with Crippen LogP contribution in [0.25, 0.3) is 22.7 Å². The summed E-state index contributed by atoms with van der Waals surface area (Å²) in [6.07, 6.45) is 1.76. The molecule has 2 aromatic heterocycles. The van der Waals surface area contributed by atoms with Crippen molar-refractivity contribution >= 4 is 11.3 Å². The third-order valence-corrected chi connectivity index (χ3v) is 2.74. The molecule has 3 rings (SSSR count). The molecule has 4 heteroatoms. The van der Waals surface area contributed by atoms with Gasteiger partial charge in [-0.05, 0) is 6.92 Å². The molecule has 0 bridgehead atoms. The molecule has 0 aliphatic heterocycles. The summed E-state index contributed by atoms with van der Waals surface area (Å²) in [6.45, 7) is 1.92.